The predicted molar refractivity (Wildman–Crippen MR) is 62.1 cm³/mol. The van der Waals surface area contributed by atoms with E-state index in [0.29, 0.717) is 5.75 Å². The van der Waals surface area contributed by atoms with Gasteiger partial charge in [-0.15, -0.1) is 0 Å². The van der Waals surface area contributed by atoms with Gasteiger partial charge in [-0.05, 0) is 25.0 Å². The number of para-hydroxylation sites is 1. The number of rotatable bonds is 4. The first-order valence-electron chi connectivity index (χ1n) is 5.47. The molecule has 0 fully saturated rings. The summed E-state index contributed by atoms with van der Waals surface area (Å²) in [5.74, 6) is -0.360. The summed E-state index contributed by atoms with van der Waals surface area (Å²) in [6.45, 7) is 5.42. The van der Waals surface area contributed by atoms with Crippen molar-refractivity contribution in [2.24, 2.45) is 11.8 Å². The maximum absolute atomic E-state index is 11.7. The number of hydrogen-bond donors (Lipinski definition) is 1. The molecule has 1 aromatic carbocycles. The summed E-state index contributed by atoms with van der Waals surface area (Å²) in [4.78, 5) is 11.7. The number of hydrogen-bond acceptors (Lipinski definition) is 3. The zero-order valence-corrected chi connectivity index (χ0v) is 9.88. The van der Waals surface area contributed by atoms with Crippen LogP contribution in [-0.4, -0.2) is 17.2 Å². The van der Waals surface area contributed by atoms with Gasteiger partial charge in [-0.1, -0.05) is 32.0 Å². The van der Waals surface area contributed by atoms with Crippen LogP contribution in [0.3, 0.4) is 0 Å². The molecule has 0 aliphatic heterocycles. The molecule has 0 bridgehead atoms. The van der Waals surface area contributed by atoms with Gasteiger partial charge in [0, 0.05) is 0 Å². The largest absolute Gasteiger partial charge is 0.426 e. The van der Waals surface area contributed by atoms with E-state index in [1.807, 2.05) is 19.9 Å². The third-order valence-electron chi connectivity index (χ3n) is 2.53. The molecule has 0 unspecified atom stereocenters. The number of benzene rings is 1. The lowest BCUT2D eigenvalue weighted by Gasteiger charge is -2.20. The molecule has 2 atom stereocenters. The number of esters is 1. The molecular formula is C13H18O3. The molecule has 0 saturated heterocycles. The second-order valence-electron chi connectivity index (χ2n) is 4.26. The van der Waals surface area contributed by atoms with Crippen molar-refractivity contribution in [3.05, 3.63) is 30.3 Å². The highest BCUT2D eigenvalue weighted by atomic mass is 16.5. The van der Waals surface area contributed by atoms with Gasteiger partial charge in [0.05, 0.1) is 12.0 Å². The van der Waals surface area contributed by atoms with Gasteiger partial charge in [-0.25, -0.2) is 0 Å². The molecule has 88 valence electrons. The van der Waals surface area contributed by atoms with Crippen LogP contribution in [0.4, 0.5) is 0 Å². The van der Waals surface area contributed by atoms with Crippen molar-refractivity contribution in [3.63, 3.8) is 0 Å². The first kappa shape index (κ1) is 12.7. The maximum Gasteiger partial charge on any atom is 0.316 e. The maximum atomic E-state index is 11.7. The van der Waals surface area contributed by atoms with Crippen LogP contribution < -0.4 is 4.74 Å². The van der Waals surface area contributed by atoms with Gasteiger partial charge in [0.15, 0.2) is 0 Å². The third kappa shape index (κ3) is 3.35. The van der Waals surface area contributed by atoms with Crippen molar-refractivity contribution >= 4 is 5.97 Å². The Balaban J connectivity index is 2.59. The Morgan fingerprint density at radius 3 is 2.25 bits per heavy atom. The summed E-state index contributed by atoms with van der Waals surface area (Å²) in [5, 5.41) is 9.74. The molecule has 0 aliphatic carbocycles. The molecule has 0 amide bonds. The fourth-order valence-corrected chi connectivity index (χ4v) is 1.41. The van der Waals surface area contributed by atoms with Gasteiger partial charge in [0.25, 0.3) is 0 Å². The quantitative estimate of drug-likeness (QED) is 0.627. The zero-order valence-electron chi connectivity index (χ0n) is 9.88. The van der Waals surface area contributed by atoms with Crippen LogP contribution in [-0.2, 0) is 4.79 Å². The molecule has 1 aromatic rings. The predicted octanol–water partition coefficient (Wildman–Crippen LogP) is 2.25. The Labute approximate surface area is 96.1 Å². The smallest absolute Gasteiger partial charge is 0.316 e. The van der Waals surface area contributed by atoms with E-state index in [2.05, 4.69) is 0 Å². The highest BCUT2D eigenvalue weighted by molar-refractivity contribution is 5.75. The molecule has 0 aromatic heterocycles. The summed E-state index contributed by atoms with van der Waals surface area (Å²) in [6, 6.07) is 8.88. The Bertz CT molecular complexity index is 332. The van der Waals surface area contributed by atoms with Gasteiger partial charge in [-0.2, -0.15) is 0 Å². The lowest BCUT2D eigenvalue weighted by molar-refractivity contribution is -0.143. The first-order valence-corrected chi connectivity index (χ1v) is 5.47. The van der Waals surface area contributed by atoms with Gasteiger partial charge in [0.2, 0.25) is 0 Å². The molecule has 0 spiro atoms. The number of carbonyl (C=O) groups excluding carboxylic acids is 1. The fourth-order valence-electron chi connectivity index (χ4n) is 1.41. The molecule has 3 nitrogen and oxygen atoms in total. The van der Waals surface area contributed by atoms with Crippen LogP contribution in [0.1, 0.15) is 20.8 Å². The van der Waals surface area contributed by atoms with Crippen LogP contribution in [0.15, 0.2) is 30.3 Å². The number of ether oxygens (including phenoxy) is 1. The number of aliphatic hydroxyl groups excluding tert-OH is 1. The van der Waals surface area contributed by atoms with E-state index < -0.39 is 18.0 Å². The van der Waals surface area contributed by atoms with Gasteiger partial charge in [-0.3, -0.25) is 4.79 Å². The monoisotopic (exact) mass is 222 g/mol. The van der Waals surface area contributed by atoms with Crippen LogP contribution in [0.5, 0.6) is 5.75 Å². The first-order chi connectivity index (χ1) is 7.52. The molecule has 0 saturated carbocycles. The minimum atomic E-state index is -0.670. The molecule has 0 aliphatic rings. The lowest BCUT2D eigenvalue weighted by atomic mass is 9.95. The Morgan fingerprint density at radius 1 is 1.19 bits per heavy atom. The van der Waals surface area contributed by atoms with Crippen molar-refractivity contribution in [2.75, 3.05) is 0 Å². The fraction of sp³-hybridized carbons (Fsp3) is 0.462. The molecule has 1 rings (SSSR count). The van der Waals surface area contributed by atoms with E-state index in [1.165, 1.54) is 0 Å². The molecule has 1 N–H and O–H groups in total. The Kier molecular flexibility index (Phi) is 4.50. The SMILES string of the molecule is CC(C)[C@@H](O)[C@H](C)C(=O)Oc1ccccc1. The molecule has 0 heterocycles. The second-order valence-corrected chi connectivity index (χ2v) is 4.26. The zero-order chi connectivity index (χ0) is 12.1. The minimum absolute atomic E-state index is 0.0401. The van der Waals surface area contributed by atoms with Crippen molar-refractivity contribution in [2.45, 2.75) is 26.9 Å². The van der Waals surface area contributed by atoms with Crippen molar-refractivity contribution in [1.82, 2.24) is 0 Å². The van der Waals surface area contributed by atoms with Gasteiger partial charge < -0.3 is 9.84 Å². The number of aliphatic hydroxyl groups is 1. The normalized spacial score (nSPS) is 14.6. The van der Waals surface area contributed by atoms with E-state index in [4.69, 9.17) is 4.74 Å². The van der Waals surface area contributed by atoms with Crippen LogP contribution in [0, 0.1) is 11.8 Å². The van der Waals surface area contributed by atoms with E-state index in [0.717, 1.165) is 0 Å². The minimum Gasteiger partial charge on any atom is -0.426 e. The average Bonchev–Trinajstić information content (AvgIpc) is 2.28. The molecule has 3 heteroatoms. The van der Waals surface area contributed by atoms with Gasteiger partial charge >= 0.3 is 5.97 Å². The molecule has 0 radical (unpaired) electrons. The number of carbonyl (C=O) groups is 1. The molecule has 16 heavy (non-hydrogen) atoms. The summed E-state index contributed by atoms with van der Waals surface area (Å²) < 4.78 is 5.15. The van der Waals surface area contributed by atoms with Gasteiger partial charge in [0.1, 0.15) is 5.75 Å². The molecular weight excluding hydrogens is 204 g/mol. The lowest BCUT2D eigenvalue weighted by Crippen LogP contribution is -2.32. The average molecular weight is 222 g/mol. The second kappa shape index (κ2) is 5.66. The Morgan fingerprint density at radius 2 is 1.75 bits per heavy atom. The summed E-state index contributed by atoms with van der Waals surface area (Å²) in [5.41, 5.74) is 0. The van der Waals surface area contributed by atoms with Crippen LogP contribution in [0.2, 0.25) is 0 Å². The van der Waals surface area contributed by atoms with Crippen LogP contribution >= 0.6 is 0 Å². The summed E-state index contributed by atoms with van der Waals surface area (Å²) in [6.07, 6.45) is -0.670. The van der Waals surface area contributed by atoms with E-state index in [1.54, 1.807) is 31.2 Å². The topological polar surface area (TPSA) is 46.5 Å². The third-order valence-corrected chi connectivity index (χ3v) is 2.53. The highest BCUT2D eigenvalue weighted by Gasteiger charge is 2.26. The van der Waals surface area contributed by atoms with Crippen molar-refractivity contribution < 1.29 is 14.6 Å². The Hall–Kier alpha value is -1.35. The van der Waals surface area contributed by atoms with E-state index >= 15 is 0 Å². The van der Waals surface area contributed by atoms with E-state index in [-0.39, 0.29) is 5.92 Å². The van der Waals surface area contributed by atoms with E-state index in [9.17, 15) is 9.90 Å². The van der Waals surface area contributed by atoms with Crippen molar-refractivity contribution in [3.8, 4) is 5.75 Å². The summed E-state index contributed by atoms with van der Waals surface area (Å²) in [7, 11) is 0. The summed E-state index contributed by atoms with van der Waals surface area (Å²) >= 11 is 0. The van der Waals surface area contributed by atoms with Crippen LogP contribution in [0.25, 0.3) is 0 Å². The van der Waals surface area contributed by atoms with Crippen molar-refractivity contribution in [1.29, 1.82) is 0 Å². The standard InChI is InChI=1S/C13H18O3/c1-9(2)12(14)10(3)13(15)16-11-7-5-4-6-8-11/h4-10,12,14H,1-3H3/t10-,12+/m0/s1. The highest BCUT2D eigenvalue weighted by Crippen LogP contribution is 2.16.